The van der Waals surface area contributed by atoms with E-state index in [4.69, 9.17) is 20.9 Å². The van der Waals surface area contributed by atoms with Crippen molar-refractivity contribution in [3.8, 4) is 0 Å². The van der Waals surface area contributed by atoms with Gasteiger partial charge in [-0.2, -0.15) is 0 Å². The largest absolute Gasteiger partial charge is 1.00 e. The number of carbonyl (C=O) groups excluding carboxylic acids is 6. The van der Waals surface area contributed by atoms with E-state index < -0.39 is 59.9 Å². The van der Waals surface area contributed by atoms with E-state index in [0.717, 1.165) is 51.4 Å². The minimum absolute atomic E-state index is 0. The molecule has 0 aromatic heterocycles. The predicted molar refractivity (Wildman–Crippen MR) is 246 cm³/mol. The lowest BCUT2D eigenvalue weighted by molar-refractivity contribution is -0.368. The average molecular weight is 1040 g/mol. The molecule has 378 valence electrons. The van der Waals surface area contributed by atoms with Crippen molar-refractivity contribution in [3.63, 3.8) is 0 Å². The Morgan fingerprint density at radius 2 is 0.656 bits per heavy atom. The van der Waals surface area contributed by atoms with E-state index in [1.165, 1.54) is 103 Å². The highest BCUT2D eigenvalue weighted by molar-refractivity contribution is 5.97. The number of carbonyl (C=O) groups is 6. The van der Waals surface area contributed by atoms with Gasteiger partial charge in [-0.1, -0.05) is 168 Å². The maximum absolute atomic E-state index is 14.0. The summed E-state index contributed by atoms with van der Waals surface area (Å²) < 4.78 is 11.4. The number of unbranched alkanes of at least 4 members (excludes halogenated alkanes) is 26. The number of amides is 4. The van der Waals surface area contributed by atoms with Crippen LogP contribution in [0.15, 0.2) is 0 Å². The summed E-state index contributed by atoms with van der Waals surface area (Å²) >= 11 is 0. The summed E-state index contributed by atoms with van der Waals surface area (Å²) in [4.78, 5) is 79.5. The van der Waals surface area contributed by atoms with Crippen molar-refractivity contribution in [1.29, 1.82) is 0 Å². The van der Waals surface area contributed by atoms with E-state index >= 15 is 0 Å². The number of nitrogens with two attached hydrogens (primary N) is 2. The van der Waals surface area contributed by atoms with Crippen molar-refractivity contribution in [1.82, 2.24) is 10.6 Å². The van der Waals surface area contributed by atoms with Crippen LogP contribution < -0.4 is 67.5 Å². The maximum atomic E-state index is 14.0. The smallest absolute Gasteiger partial charge is 0.306 e. The van der Waals surface area contributed by atoms with Gasteiger partial charge in [0.15, 0.2) is 0 Å². The fraction of sp³-hybridized carbons (Fsp3) is 0.875. The normalized spacial score (nSPS) is 12.8. The van der Waals surface area contributed by atoms with Crippen molar-refractivity contribution < 1.29 is 83.7 Å². The zero-order chi connectivity index (χ0) is 46.1. The minimum atomic E-state index is -1.96. The van der Waals surface area contributed by atoms with Crippen molar-refractivity contribution >= 4 is 35.6 Å². The van der Waals surface area contributed by atoms with E-state index in [9.17, 15) is 28.8 Å². The van der Waals surface area contributed by atoms with Crippen LogP contribution in [0.3, 0.4) is 0 Å². The highest BCUT2D eigenvalue weighted by Gasteiger charge is 2.42. The van der Waals surface area contributed by atoms with Crippen LogP contribution in [0.1, 0.15) is 232 Å². The molecule has 0 aliphatic rings. The first-order chi connectivity index (χ1) is 30.0. The molecule has 16 heteroatoms. The van der Waals surface area contributed by atoms with Gasteiger partial charge in [0.1, 0.15) is 12.1 Å². The third-order valence-corrected chi connectivity index (χ3v) is 11.6. The van der Waals surface area contributed by atoms with Crippen molar-refractivity contribution in [2.45, 2.75) is 256 Å². The van der Waals surface area contributed by atoms with Crippen LogP contribution in [0.4, 0.5) is 0 Å². The lowest BCUT2D eigenvalue weighted by Gasteiger charge is -2.28. The van der Waals surface area contributed by atoms with Gasteiger partial charge in [-0.15, -0.1) is 0 Å². The molecular weight excluding hydrogens is 948 g/mol. The van der Waals surface area contributed by atoms with Crippen molar-refractivity contribution in [2.24, 2.45) is 11.5 Å². The molecule has 0 aromatic rings. The van der Waals surface area contributed by atoms with Gasteiger partial charge in [0.2, 0.25) is 24.0 Å². The Morgan fingerprint density at radius 1 is 0.406 bits per heavy atom. The molecule has 14 nitrogen and oxygen atoms in total. The Hall–Kier alpha value is -2.30. The minimum Gasteiger partial charge on any atom is -1.00 e. The van der Waals surface area contributed by atoms with Crippen LogP contribution in [0, 0.1) is 0 Å². The molecule has 0 bridgehead atoms. The number of rotatable bonds is 45. The molecule has 0 heterocycles. The van der Waals surface area contributed by atoms with Gasteiger partial charge in [-0.05, 0) is 51.4 Å². The second-order valence-corrected chi connectivity index (χ2v) is 17.4. The lowest BCUT2D eigenvalue weighted by Crippen LogP contribution is -3.00. The van der Waals surface area contributed by atoms with Gasteiger partial charge in [-0.3, -0.25) is 28.8 Å². The Balaban J connectivity index is -0.0000186. The highest BCUT2D eigenvalue weighted by Crippen LogP contribution is 2.18. The molecule has 0 fully saturated rings. The highest BCUT2D eigenvalue weighted by atomic mass is 79.9. The molecular formula is C48H94Br2N6O8. The number of hydrogen-bond donors (Lipinski definition) is 6. The zero-order valence-electron chi connectivity index (χ0n) is 40.4. The fourth-order valence-electron chi connectivity index (χ4n) is 7.61. The summed E-state index contributed by atoms with van der Waals surface area (Å²) in [6, 6.07) is -2.27. The fourth-order valence-corrected chi connectivity index (χ4v) is 7.61. The first-order valence-corrected chi connectivity index (χ1v) is 25.2. The van der Waals surface area contributed by atoms with Crippen LogP contribution in [0.25, 0.3) is 0 Å². The Labute approximate surface area is 409 Å². The van der Waals surface area contributed by atoms with Crippen molar-refractivity contribution in [3.05, 3.63) is 0 Å². The number of ether oxygens (including phenoxy) is 2. The predicted octanol–water partition coefficient (Wildman–Crippen LogP) is 0.545. The molecule has 0 unspecified atom stereocenters. The van der Waals surface area contributed by atoms with Crippen LogP contribution in [0.2, 0.25) is 0 Å². The van der Waals surface area contributed by atoms with E-state index in [0.29, 0.717) is 51.6 Å². The van der Waals surface area contributed by atoms with Gasteiger partial charge >= 0.3 is 11.9 Å². The molecule has 0 rings (SSSR count). The number of primary amides is 2. The van der Waals surface area contributed by atoms with Gasteiger partial charge in [0.05, 0.1) is 13.1 Å². The number of hydrogen-bond acceptors (Lipinski definition) is 8. The molecule has 12 N–H and O–H groups in total. The number of nitrogens with one attached hydrogen (secondary N) is 2. The molecule has 0 spiro atoms. The van der Waals surface area contributed by atoms with Crippen molar-refractivity contribution in [2.75, 3.05) is 13.1 Å². The standard InChI is InChI=1S/C48H92N6O8.2BrH/c1-3-5-7-9-11-13-15-17-19-21-23-25-27-35-41(55)61-43(47(59)53-39(45(51)57)33-29-31-37-49)44(48(60)54-40(46(52)58)34-30-32-38-50)62-42(56)36-28-26-24-22-20-18-16-14-12-10-8-6-4-2;;/h39-40,43-44H,3-38,49-50H2,1-2H3,(H2,51,57)(H2,52,58)(H,53,59)(H,54,60);2*1H/t39-,40-,43+,44+;;/m0../s1. The second kappa shape index (κ2) is 47.2. The summed E-state index contributed by atoms with van der Waals surface area (Å²) in [7, 11) is 0. The SMILES string of the molecule is CCCCCCCCCCCCCCCC(=O)O[C@@H](C(=O)N[C@@H](CCCC[NH3+])C(N)=O)[C@@H](OC(=O)CCCCCCCCCCCCCCC)C(=O)N[C@@H](CCCC[NH3+])C(N)=O.[Br-].[Br-]. The molecule has 0 saturated heterocycles. The Morgan fingerprint density at radius 3 is 0.891 bits per heavy atom. The Bertz CT molecular complexity index is 1100. The van der Waals surface area contributed by atoms with Gasteiger partial charge < -0.3 is 77.0 Å². The van der Waals surface area contributed by atoms with Gasteiger partial charge in [-0.25, -0.2) is 0 Å². The van der Waals surface area contributed by atoms with Crippen LogP contribution in [-0.2, 0) is 38.2 Å². The van der Waals surface area contributed by atoms with E-state index in [2.05, 4.69) is 35.9 Å². The molecule has 0 aromatic carbocycles. The maximum Gasteiger partial charge on any atom is 0.306 e. The Kier molecular flexibility index (Phi) is 48.7. The van der Waals surface area contributed by atoms with Gasteiger partial charge in [0, 0.05) is 12.8 Å². The van der Waals surface area contributed by atoms with E-state index in [-0.39, 0.29) is 59.6 Å². The van der Waals surface area contributed by atoms with Crippen LogP contribution >= 0.6 is 0 Å². The van der Waals surface area contributed by atoms with E-state index in [1.54, 1.807) is 0 Å². The van der Waals surface area contributed by atoms with E-state index in [1.807, 2.05) is 0 Å². The van der Waals surface area contributed by atoms with Gasteiger partial charge in [0.25, 0.3) is 11.8 Å². The summed E-state index contributed by atoms with van der Waals surface area (Å²) in [6.45, 7) is 5.69. The topological polar surface area (TPSA) is 252 Å². The first kappa shape index (κ1) is 66.0. The summed E-state index contributed by atoms with van der Waals surface area (Å²) in [5.41, 5.74) is 18.9. The third kappa shape index (κ3) is 37.9. The molecule has 0 radical (unpaired) electrons. The van der Waals surface area contributed by atoms with Crippen LogP contribution in [0.5, 0.6) is 0 Å². The number of halogens is 2. The van der Waals surface area contributed by atoms with Crippen LogP contribution in [-0.4, -0.2) is 72.9 Å². The summed E-state index contributed by atoms with van der Waals surface area (Å²) in [5, 5.41) is 5.08. The number of quaternary nitrogens is 2. The lowest BCUT2D eigenvalue weighted by atomic mass is 10.0. The molecule has 4 atom stereocenters. The summed E-state index contributed by atoms with van der Waals surface area (Å²) in [6.07, 6.45) is 28.1. The average Bonchev–Trinajstić information content (AvgIpc) is 3.24. The summed E-state index contributed by atoms with van der Waals surface area (Å²) in [5.74, 6) is -5.15. The molecule has 0 aliphatic carbocycles. The second-order valence-electron chi connectivity index (χ2n) is 17.4. The molecule has 0 saturated carbocycles. The zero-order valence-corrected chi connectivity index (χ0v) is 43.5. The number of esters is 2. The monoisotopic (exact) mass is 1040 g/mol. The quantitative estimate of drug-likeness (QED) is 0.0370. The molecule has 0 aliphatic heterocycles. The molecule has 4 amide bonds. The third-order valence-electron chi connectivity index (χ3n) is 11.6. The first-order valence-electron chi connectivity index (χ1n) is 25.2. The molecule has 64 heavy (non-hydrogen) atoms.